The third-order valence-electron chi connectivity index (χ3n) is 1.71. The maximum Gasteiger partial charge on any atom is 0.0716 e. The van der Waals surface area contributed by atoms with E-state index in [0.29, 0.717) is 12.1 Å². The maximum atomic E-state index is 5.29. The number of morpholine rings is 1. The van der Waals surface area contributed by atoms with Crippen LogP contribution in [0.2, 0.25) is 0 Å². The summed E-state index contributed by atoms with van der Waals surface area (Å²) in [7, 11) is 0. The van der Waals surface area contributed by atoms with Crippen molar-refractivity contribution in [1.29, 1.82) is 0 Å². The van der Waals surface area contributed by atoms with Gasteiger partial charge >= 0.3 is 0 Å². The number of nitrogens with one attached hydrogen (secondary N) is 1. The van der Waals surface area contributed by atoms with E-state index in [1.54, 1.807) is 0 Å². The van der Waals surface area contributed by atoms with Crippen LogP contribution in [-0.4, -0.2) is 25.3 Å². The van der Waals surface area contributed by atoms with E-state index in [-0.39, 0.29) is 12.4 Å². The van der Waals surface area contributed by atoms with Gasteiger partial charge in [-0.25, -0.2) is 0 Å². The third kappa shape index (κ3) is 0.835. The molecule has 2 rings (SSSR count). The SMILES string of the molecule is C1N[C@@H]2COC1C2.Cl. The van der Waals surface area contributed by atoms with Crippen molar-refractivity contribution >= 4 is 12.4 Å². The summed E-state index contributed by atoms with van der Waals surface area (Å²) in [4.78, 5) is 0. The predicted molar refractivity (Wildman–Crippen MR) is 33.4 cm³/mol. The largest absolute Gasteiger partial charge is 0.375 e. The normalized spacial score (nSPS) is 42.0. The first-order valence-corrected chi connectivity index (χ1v) is 2.80. The summed E-state index contributed by atoms with van der Waals surface area (Å²) < 4.78 is 5.29. The van der Waals surface area contributed by atoms with Crippen LogP contribution in [0.4, 0.5) is 0 Å². The highest BCUT2D eigenvalue weighted by Gasteiger charge is 2.31. The van der Waals surface area contributed by atoms with Gasteiger partial charge in [0.25, 0.3) is 0 Å². The average molecular weight is 136 g/mol. The Morgan fingerprint density at radius 3 is 2.50 bits per heavy atom. The molecule has 2 fully saturated rings. The fourth-order valence-electron chi connectivity index (χ4n) is 1.29. The van der Waals surface area contributed by atoms with Crippen LogP contribution < -0.4 is 5.32 Å². The van der Waals surface area contributed by atoms with Gasteiger partial charge < -0.3 is 10.1 Å². The maximum absolute atomic E-state index is 5.29. The monoisotopic (exact) mass is 135 g/mol. The summed E-state index contributed by atoms with van der Waals surface area (Å²) in [5.74, 6) is 0. The van der Waals surface area contributed by atoms with E-state index in [2.05, 4.69) is 5.32 Å². The van der Waals surface area contributed by atoms with Gasteiger partial charge in [-0.15, -0.1) is 12.4 Å². The van der Waals surface area contributed by atoms with Gasteiger partial charge in [-0.1, -0.05) is 0 Å². The number of hydrogen-bond acceptors (Lipinski definition) is 2. The summed E-state index contributed by atoms with van der Waals surface area (Å²) in [5, 5.41) is 3.33. The molecule has 0 saturated carbocycles. The van der Waals surface area contributed by atoms with Gasteiger partial charge in [0.15, 0.2) is 0 Å². The number of fused-ring (bicyclic) bond motifs is 2. The molecular weight excluding hydrogens is 126 g/mol. The molecule has 0 amide bonds. The summed E-state index contributed by atoms with van der Waals surface area (Å²) >= 11 is 0. The van der Waals surface area contributed by atoms with E-state index in [4.69, 9.17) is 4.74 Å². The number of hydrogen-bond donors (Lipinski definition) is 1. The van der Waals surface area contributed by atoms with Gasteiger partial charge in [0.2, 0.25) is 0 Å². The van der Waals surface area contributed by atoms with E-state index >= 15 is 0 Å². The van der Waals surface area contributed by atoms with Crippen molar-refractivity contribution in [2.75, 3.05) is 13.2 Å². The van der Waals surface area contributed by atoms with Crippen LogP contribution in [0.3, 0.4) is 0 Å². The van der Waals surface area contributed by atoms with Crippen LogP contribution in [-0.2, 0) is 4.74 Å². The molecule has 0 aliphatic carbocycles. The van der Waals surface area contributed by atoms with E-state index in [1.807, 2.05) is 0 Å². The summed E-state index contributed by atoms with van der Waals surface area (Å²) in [6, 6.07) is 0.699. The molecule has 1 unspecified atom stereocenters. The number of ether oxygens (including phenoxy) is 1. The van der Waals surface area contributed by atoms with Gasteiger partial charge in [0.1, 0.15) is 0 Å². The van der Waals surface area contributed by atoms with Crippen LogP contribution in [0.1, 0.15) is 6.42 Å². The number of rotatable bonds is 0. The highest BCUT2D eigenvalue weighted by molar-refractivity contribution is 5.85. The Hall–Kier alpha value is 0.210. The first kappa shape index (κ1) is 6.33. The van der Waals surface area contributed by atoms with Crippen LogP contribution in [0, 0.1) is 0 Å². The third-order valence-corrected chi connectivity index (χ3v) is 1.71. The lowest BCUT2D eigenvalue weighted by atomic mass is 10.3. The minimum atomic E-state index is 0. The molecule has 2 bridgehead atoms. The van der Waals surface area contributed by atoms with E-state index in [0.717, 1.165) is 13.2 Å². The quantitative estimate of drug-likeness (QED) is 0.511. The van der Waals surface area contributed by atoms with Crippen molar-refractivity contribution in [3.63, 3.8) is 0 Å². The van der Waals surface area contributed by atoms with E-state index < -0.39 is 0 Å². The van der Waals surface area contributed by atoms with Crippen molar-refractivity contribution < 1.29 is 4.74 Å². The van der Waals surface area contributed by atoms with Gasteiger partial charge in [0, 0.05) is 12.6 Å². The molecule has 0 spiro atoms. The molecule has 3 heteroatoms. The lowest BCUT2D eigenvalue weighted by Crippen LogP contribution is -2.30. The van der Waals surface area contributed by atoms with Gasteiger partial charge in [0.05, 0.1) is 12.7 Å². The first-order valence-electron chi connectivity index (χ1n) is 2.80. The van der Waals surface area contributed by atoms with Crippen molar-refractivity contribution in [2.24, 2.45) is 0 Å². The topological polar surface area (TPSA) is 21.3 Å². The highest BCUT2D eigenvalue weighted by Crippen LogP contribution is 2.17. The lowest BCUT2D eigenvalue weighted by molar-refractivity contribution is 0.0892. The second-order valence-electron chi connectivity index (χ2n) is 2.30. The second kappa shape index (κ2) is 2.21. The first-order chi connectivity index (χ1) is 3.45. The Morgan fingerprint density at radius 2 is 2.38 bits per heavy atom. The standard InChI is InChI=1S/C5H9NO.ClH/c1-4-3-7-5(1)2-6-4;/h4-6H,1-3H2;1H/t4-,5?;/m0./s1. The van der Waals surface area contributed by atoms with E-state index in [9.17, 15) is 0 Å². The second-order valence-corrected chi connectivity index (χ2v) is 2.30. The molecule has 2 aliphatic heterocycles. The molecule has 2 heterocycles. The van der Waals surface area contributed by atoms with Crippen molar-refractivity contribution in [2.45, 2.75) is 18.6 Å². The molecule has 0 aromatic rings. The molecule has 2 saturated heterocycles. The molecule has 2 aliphatic rings. The van der Waals surface area contributed by atoms with Crippen molar-refractivity contribution in [3.8, 4) is 0 Å². The Morgan fingerprint density at radius 1 is 1.50 bits per heavy atom. The molecule has 2 nitrogen and oxygen atoms in total. The Kier molecular flexibility index (Phi) is 1.75. The smallest absolute Gasteiger partial charge is 0.0716 e. The fraction of sp³-hybridized carbons (Fsp3) is 1.00. The minimum absolute atomic E-state index is 0. The average Bonchev–Trinajstić information content (AvgIpc) is 2.22. The minimum Gasteiger partial charge on any atom is -0.375 e. The molecule has 0 aromatic heterocycles. The van der Waals surface area contributed by atoms with Crippen molar-refractivity contribution in [3.05, 3.63) is 0 Å². The van der Waals surface area contributed by atoms with Crippen molar-refractivity contribution in [1.82, 2.24) is 5.32 Å². The summed E-state index contributed by atoms with van der Waals surface area (Å²) in [6.07, 6.45) is 1.81. The zero-order valence-corrected chi connectivity index (χ0v) is 5.41. The summed E-state index contributed by atoms with van der Waals surface area (Å²) in [6.45, 7) is 2.04. The number of halogens is 1. The zero-order chi connectivity index (χ0) is 4.69. The zero-order valence-electron chi connectivity index (χ0n) is 4.59. The molecule has 0 aromatic carbocycles. The highest BCUT2D eigenvalue weighted by atomic mass is 35.5. The van der Waals surface area contributed by atoms with Crippen LogP contribution in [0.25, 0.3) is 0 Å². The van der Waals surface area contributed by atoms with Crippen LogP contribution in [0.5, 0.6) is 0 Å². The molecule has 1 N–H and O–H groups in total. The molecule has 8 heavy (non-hydrogen) atoms. The van der Waals surface area contributed by atoms with Crippen LogP contribution in [0.15, 0.2) is 0 Å². The van der Waals surface area contributed by atoms with Crippen LogP contribution >= 0.6 is 12.4 Å². The molecule has 48 valence electrons. The Balaban J connectivity index is 0.000000320. The Labute approximate surface area is 55.0 Å². The lowest BCUT2D eigenvalue weighted by Gasteiger charge is -2.09. The molecule has 0 radical (unpaired) electrons. The van der Waals surface area contributed by atoms with E-state index in [1.165, 1.54) is 6.42 Å². The van der Waals surface area contributed by atoms with Gasteiger partial charge in [-0.2, -0.15) is 0 Å². The predicted octanol–water partition coefficient (Wildman–Crippen LogP) is 0.169. The fourth-order valence-corrected chi connectivity index (χ4v) is 1.29. The molecule has 2 atom stereocenters. The summed E-state index contributed by atoms with van der Waals surface area (Å²) in [5.41, 5.74) is 0. The van der Waals surface area contributed by atoms with Gasteiger partial charge in [-0.05, 0) is 6.42 Å². The van der Waals surface area contributed by atoms with Gasteiger partial charge in [-0.3, -0.25) is 0 Å². The Bertz CT molecular complexity index is 70.5. The molecular formula is C5H10ClNO.